The molecule has 0 saturated carbocycles. The van der Waals surface area contributed by atoms with Crippen LogP contribution in [-0.2, 0) is 4.79 Å². The fraction of sp³-hybridized carbons (Fsp3) is 0.429. The molecule has 0 aliphatic rings. The van der Waals surface area contributed by atoms with Crippen LogP contribution in [0.15, 0.2) is 18.2 Å². The molecule has 5 nitrogen and oxygen atoms in total. The van der Waals surface area contributed by atoms with Crippen molar-refractivity contribution in [2.75, 3.05) is 7.11 Å². The fourth-order valence-electron chi connectivity index (χ4n) is 1.75. The molecular formula is C14H18ClNO4. The molecule has 1 aromatic rings. The molecule has 0 unspecified atom stereocenters. The predicted octanol–water partition coefficient (Wildman–Crippen LogP) is 2.72. The first-order chi connectivity index (χ1) is 9.49. The van der Waals surface area contributed by atoms with Crippen LogP contribution in [0.3, 0.4) is 0 Å². The van der Waals surface area contributed by atoms with Crippen molar-refractivity contribution in [3.63, 3.8) is 0 Å². The standard InChI is InChI=1S/C14H18ClNO4/c1-3-4-5-11(14(18)19)16-13(17)10-7-6-9(15)8-12(10)20-2/h6-8,11H,3-5H2,1-2H3,(H,16,17)(H,18,19)/t11-/m0/s1. The number of carbonyl (C=O) groups excluding carboxylic acids is 1. The van der Waals surface area contributed by atoms with Crippen molar-refractivity contribution in [1.29, 1.82) is 0 Å². The monoisotopic (exact) mass is 299 g/mol. The summed E-state index contributed by atoms with van der Waals surface area (Å²) in [6, 6.07) is 3.68. The summed E-state index contributed by atoms with van der Waals surface area (Å²) < 4.78 is 5.08. The average Bonchev–Trinajstić information content (AvgIpc) is 2.42. The topological polar surface area (TPSA) is 75.6 Å². The Hall–Kier alpha value is -1.75. The summed E-state index contributed by atoms with van der Waals surface area (Å²) in [5, 5.41) is 12.0. The highest BCUT2D eigenvalue weighted by Gasteiger charge is 2.21. The number of halogens is 1. The second-order valence-corrected chi connectivity index (χ2v) is 4.79. The van der Waals surface area contributed by atoms with Crippen molar-refractivity contribution in [2.45, 2.75) is 32.2 Å². The van der Waals surface area contributed by atoms with Crippen LogP contribution < -0.4 is 10.1 Å². The lowest BCUT2D eigenvalue weighted by molar-refractivity contribution is -0.139. The Balaban J connectivity index is 2.86. The van der Waals surface area contributed by atoms with Gasteiger partial charge in [0.15, 0.2) is 0 Å². The van der Waals surface area contributed by atoms with Gasteiger partial charge in [-0.05, 0) is 24.6 Å². The van der Waals surface area contributed by atoms with E-state index in [9.17, 15) is 9.59 Å². The van der Waals surface area contributed by atoms with Crippen LogP contribution in [0.5, 0.6) is 5.75 Å². The second kappa shape index (κ2) is 7.75. The minimum atomic E-state index is -1.04. The molecule has 0 bridgehead atoms. The smallest absolute Gasteiger partial charge is 0.326 e. The van der Waals surface area contributed by atoms with Gasteiger partial charge in [-0.15, -0.1) is 0 Å². The first-order valence-electron chi connectivity index (χ1n) is 6.36. The summed E-state index contributed by atoms with van der Waals surface area (Å²) in [6.07, 6.45) is 1.99. The Morgan fingerprint density at radius 1 is 1.45 bits per heavy atom. The highest BCUT2D eigenvalue weighted by Crippen LogP contribution is 2.23. The van der Waals surface area contributed by atoms with Crippen LogP contribution in [0, 0.1) is 0 Å². The predicted molar refractivity (Wildman–Crippen MR) is 76.4 cm³/mol. The van der Waals surface area contributed by atoms with Gasteiger partial charge >= 0.3 is 5.97 Å². The molecule has 0 fully saturated rings. The van der Waals surface area contributed by atoms with Gasteiger partial charge in [0.25, 0.3) is 5.91 Å². The summed E-state index contributed by atoms with van der Waals surface area (Å²) in [5.74, 6) is -1.21. The number of benzene rings is 1. The number of nitrogens with one attached hydrogen (secondary N) is 1. The molecule has 0 aromatic heterocycles. The van der Waals surface area contributed by atoms with E-state index in [0.29, 0.717) is 17.2 Å². The summed E-state index contributed by atoms with van der Waals surface area (Å²) in [4.78, 5) is 23.2. The third kappa shape index (κ3) is 4.42. The van der Waals surface area contributed by atoms with Crippen molar-refractivity contribution < 1.29 is 19.4 Å². The van der Waals surface area contributed by atoms with Crippen LogP contribution in [0.2, 0.25) is 5.02 Å². The summed E-state index contributed by atoms with van der Waals surface area (Å²) in [6.45, 7) is 1.96. The van der Waals surface area contributed by atoms with Gasteiger partial charge in [0.2, 0.25) is 0 Å². The number of carbonyl (C=O) groups is 2. The molecular weight excluding hydrogens is 282 g/mol. The third-order valence-corrected chi connectivity index (χ3v) is 3.09. The van der Waals surface area contributed by atoms with E-state index in [4.69, 9.17) is 21.4 Å². The van der Waals surface area contributed by atoms with Gasteiger partial charge in [-0.25, -0.2) is 4.79 Å². The van der Waals surface area contributed by atoms with Crippen molar-refractivity contribution >= 4 is 23.5 Å². The summed E-state index contributed by atoms with van der Waals surface area (Å²) in [7, 11) is 1.42. The van der Waals surface area contributed by atoms with E-state index in [2.05, 4.69) is 5.32 Å². The summed E-state index contributed by atoms with van der Waals surface area (Å²) >= 11 is 5.82. The minimum Gasteiger partial charge on any atom is -0.496 e. The highest BCUT2D eigenvalue weighted by atomic mass is 35.5. The molecule has 0 aliphatic heterocycles. The van der Waals surface area contributed by atoms with Crippen LogP contribution in [-0.4, -0.2) is 30.1 Å². The molecule has 0 aliphatic carbocycles. The van der Waals surface area contributed by atoms with Crippen molar-refractivity contribution in [3.8, 4) is 5.75 Å². The molecule has 0 spiro atoms. The van der Waals surface area contributed by atoms with E-state index < -0.39 is 17.9 Å². The first kappa shape index (κ1) is 16.3. The largest absolute Gasteiger partial charge is 0.496 e. The lowest BCUT2D eigenvalue weighted by Crippen LogP contribution is -2.40. The minimum absolute atomic E-state index is 0.264. The SMILES string of the molecule is CCCC[C@H](NC(=O)c1ccc(Cl)cc1OC)C(=O)O. The van der Waals surface area contributed by atoms with Gasteiger partial charge in [-0.2, -0.15) is 0 Å². The number of hydrogen-bond acceptors (Lipinski definition) is 3. The quantitative estimate of drug-likeness (QED) is 0.811. The number of methoxy groups -OCH3 is 1. The number of carboxylic acid groups (broad SMARTS) is 1. The van der Waals surface area contributed by atoms with Crippen molar-refractivity contribution in [2.24, 2.45) is 0 Å². The first-order valence-corrected chi connectivity index (χ1v) is 6.74. The second-order valence-electron chi connectivity index (χ2n) is 4.35. The molecule has 1 aromatic carbocycles. The Bertz CT molecular complexity index is 490. The van der Waals surface area contributed by atoms with Crippen LogP contribution in [0.25, 0.3) is 0 Å². The third-order valence-electron chi connectivity index (χ3n) is 2.86. The average molecular weight is 300 g/mol. The van der Waals surface area contributed by atoms with Gasteiger partial charge in [0.05, 0.1) is 12.7 Å². The zero-order valence-electron chi connectivity index (χ0n) is 11.5. The number of amides is 1. The fourth-order valence-corrected chi connectivity index (χ4v) is 1.92. The molecule has 6 heteroatoms. The summed E-state index contributed by atoms with van der Waals surface area (Å²) in [5.41, 5.74) is 0.264. The zero-order chi connectivity index (χ0) is 15.1. The normalized spacial score (nSPS) is 11.8. The van der Waals surface area contributed by atoms with Gasteiger partial charge in [0.1, 0.15) is 11.8 Å². The van der Waals surface area contributed by atoms with E-state index in [1.165, 1.54) is 19.2 Å². The number of unbranched alkanes of at least 4 members (excludes halogenated alkanes) is 1. The van der Waals surface area contributed by atoms with Gasteiger partial charge in [-0.1, -0.05) is 31.4 Å². The number of aliphatic carboxylic acids is 1. The Labute approximate surface area is 122 Å². The van der Waals surface area contributed by atoms with Crippen molar-refractivity contribution in [3.05, 3.63) is 28.8 Å². The van der Waals surface area contributed by atoms with E-state index in [1.54, 1.807) is 6.07 Å². The lowest BCUT2D eigenvalue weighted by Gasteiger charge is -2.15. The highest BCUT2D eigenvalue weighted by molar-refractivity contribution is 6.30. The zero-order valence-corrected chi connectivity index (χ0v) is 12.2. The van der Waals surface area contributed by atoms with E-state index in [0.717, 1.165) is 12.8 Å². The molecule has 0 heterocycles. The number of ether oxygens (including phenoxy) is 1. The van der Waals surface area contributed by atoms with Gasteiger partial charge in [0, 0.05) is 5.02 Å². The van der Waals surface area contributed by atoms with E-state index in [-0.39, 0.29) is 5.56 Å². The lowest BCUT2D eigenvalue weighted by atomic mass is 10.1. The maximum atomic E-state index is 12.1. The number of carboxylic acids is 1. The van der Waals surface area contributed by atoms with Gasteiger partial charge in [-0.3, -0.25) is 4.79 Å². The maximum absolute atomic E-state index is 12.1. The molecule has 2 N–H and O–H groups in total. The molecule has 1 atom stereocenters. The van der Waals surface area contributed by atoms with E-state index >= 15 is 0 Å². The van der Waals surface area contributed by atoms with Crippen LogP contribution >= 0.6 is 11.6 Å². The van der Waals surface area contributed by atoms with Crippen molar-refractivity contribution in [1.82, 2.24) is 5.32 Å². The van der Waals surface area contributed by atoms with Crippen LogP contribution in [0.4, 0.5) is 0 Å². The van der Waals surface area contributed by atoms with E-state index in [1.807, 2.05) is 6.92 Å². The molecule has 1 amide bonds. The number of hydrogen-bond donors (Lipinski definition) is 2. The maximum Gasteiger partial charge on any atom is 0.326 e. The molecule has 20 heavy (non-hydrogen) atoms. The molecule has 0 radical (unpaired) electrons. The number of rotatable bonds is 7. The Morgan fingerprint density at radius 3 is 2.70 bits per heavy atom. The molecule has 110 valence electrons. The Morgan fingerprint density at radius 2 is 2.15 bits per heavy atom. The van der Waals surface area contributed by atoms with Crippen LogP contribution in [0.1, 0.15) is 36.5 Å². The molecule has 0 saturated heterocycles. The molecule has 1 rings (SSSR count). The Kier molecular flexibility index (Phi) is 6.31. The van der Waals surface area contributed by atoms with Gasteiger partial charge < -0.3 is 15.2 Å².